The molecule has 1 heterocycles. The van der Waals surface area contributed by atoms with Gasteiger partial charge in [0.05, 0.1) is 17.5 Å². The maximum absolute atomic E-state index is 12.8. The van der Waals surface area contributed by atoms with Crippen molar-refractivity contribution >= 4 is 29.3 Å². The molecule has 9 heteroatoms. The number of carbonyl (C=O) groups is 2. The Morgan fingerprint density at radius 3 is 2.86 bits per heavy atom. The summed E-state index contributed by atoms with van der Waals surface area (Å²) >= 11 is 0. The van der Waals surface area contributed by atoms with Gasteiger partial charge in [-0.15, -0.1) is 10.2 Å². The number of unbranched alkanes of at least 4 members (excludes halogenated alkanes) is 1. The predicted molar refractivity (Wildman–Crippen MR) is 103 cm³/mol. The molecule has 0 saturated heterocycles. The number of carbonyl (C=O) groups excluding carboxylic acids is 2. The Balaban J connectivity index is 1.65. The average molecular weight is 386 g/mol. The zero-order valence-corrected chi connectivity index (χ0v) is 16.2. The van der Waals surface area contributed by atoms with Crippen LogP contribution in [0.15, 0.2) is 18.2 Å². The Kier molecular flexibility index (Phi) is 6.03. The van der Waals surface area contributed by atoms with E-state index in [1.165, 1.54) is 0 Å². The quantitative estimate of drug-likeness (QED) is 0.343. The SMILES string of the molecule is CCCCC1CC(CN(O)C=O)(C(=O)NNc2nnc3cc(C)ccc3n2)C1. The topological polar surface area (TPSA) is 120 Å². The molecule has 0 unspecified atom stereocenters. The standard InChI is InChI=1S/C19H26N6O3/c1-3-4-5-14-9-19(10-14,11-25(28)12-26)17(27)22-24-18-20-15-7-6-13(2)8-16(15)21-23-18/h6-8,12,14,28H,3-5,9-11H2,1-2H3,(H,22,27)(H,20,23,24). The van der Waals surface area contributed by atoms with E-state index in [9.17, 15) is 14.8 Å². The Morgan fingerprint density at radius 1 is 1.36 bits per heavy atom. The lowest BCUT2D eigenvalue weighted by molar-refractivity contribution is -0.170. The normalized spacial score (nSPS) is 21.0. The minimum absolute atomic E-state index is 0.0389. The lowest BCUT2D eigenvalue weighted by Gasteiger charge is -2.47. The van der Waals surface area contributed by atoms with Crippen LogP contribution in [0.3, 0.4) is 0 Å². The Hall–Kier alpha value is -2.81. The van der Waals surface area contributed by atoms with Crippen molar-refractivity contribution in [2.75, 3.05) is 12.0 Å². The summed E-state index contributed by atoms with van der Waals surface area (Å²) in [6, 6.07) is 5.65. The highest BCUT2D eigenvalue weighted by Crippen LogP contribution is 2.48. The van der Waals surface area contributed by atoms with Crippen molar-refractivity contribution in [1.29, 1.82) is 0 Å². The van der Waals surface area contributed by atoms with Gasteiger partial charge >= 0.3 is 0 Å². The fourth-order valence-electron chi connectivity index (χ4n) is 3.82. The first-order valence-corrected chi connectivity index (χ1v) is 9.54. The highest BCUT2D eigenvalue weighted by molar-refractivity contribution is 5.85. The van der Waals surface area contributed by atoms with Gasteiger partial charge in [-0.25, -0.2) is 10.0 Å². The highest BCUT2D eigenvalue weighted by Gasteiger charge is 2.50. The van der Waals surface area contributed by atoms with E-state index >= 15 is 0 Å². The molecule has 0 radical (unpaired) electrons. The molecule has 150 valence electrons. The van der Waals surface area contributed by atoms with Crippen LogP contribution in [-0.4, -0.2) is 44.3 Å². The fourth-order valence-corrected chi connectivity index (χ4v) is 3.82. The smallest absolute Gasteiger partial charge is 0.262 e. The molecule has 1 aromatic heterocycles. The molecule has 0 bridgehead atoms. The number of hydrogen-bond donors (Lipinski definition) is 3. The van der Waals surface area contributed by atoms with Crippen LogP contribution in [0.5, 0.6) is 0 Å². The summed E-state index contributed by atoms with van der Waals surface area (Å²) in [5, 5.41) is 18.2. The number of aryl methyl sites for hydroxylation is 1. The molecule has 1 fully saturated rings. The minimum atomic E-state index is -0.817. The number of fused-ring (bicyclic) bond motifs is 1. The van der Waals surface area contributed by atoms with E-state index in [0.29, 0.717) is 41.3 Å². The van der Waals surface area contributed by atoms with Crippen LogP contribution in [0, 0.1) is 18.3 Å². The van der Waals surface area contributed by atoms with Gasteiger partial charge < -0.3 is 0 Å². The lowest BCUT2D eigenvalue weighted by Crippen LogP contribution is -2.56. The monoisotopic (exact) mass is 386 g/mol. The fraction of sp³-hybridized carbons (Fsp3) is 0.526. The second-order valence-electron chi connectivity index (χ2n) is 7.61. The number of benzene rings is 1. The zero-order chi connectivity index (χ0) is 20.1. The van der Waals surface area contributed by atoms with Crippen molar-refractivity contribution in [2.45, 2.75) is 46.0 Å². The number of hydroxylamine groups is 2. The van der Waals surface area contributed by atoms with Gasteiger partial charge in [0.25, 0.3) is 5.95 Å². The molecule has 2 amide bonds. The third-order valence-electron chi connectivity index (χ3n) is 5.29. The average Bonchev–Trinajstić information content (AvgIpc) is 2.67. The van der Waals surface area contributed by atoms with Gasteiger partial charge in [0.2, 0.25) is 12.3 Å². The van der Waals surface area contributed by atoms with E-state index in [1.54, 1.807) is 0 Å². The summed E-state index contributed by atoms with van der Waals surface area (Å²) in [5.74, 6) is 0.305. The first-order valence-electron chi connectivity index (χ1n) is 9.54. The Labute approximate surface area is 163 Å². The summed E-state index contributed by atoms with van der Waals surface area (Å²) in [5.41, 5.74) is 6.90. The van der Waals surface area contributed by atoms with Gasteiger partial charge in [-0.05, 0) is 43.4 Å². The van der Waals surface area contributed by atoms with Crippen molar-refractivity contribution in [2.24, 2.45) is 11.3 Å². The highest BCUT2D eigenvalue weighted by atomic mass is 16.5. The van der Waals surface area contributed by atoms with Crippen LogP contribution in [-0.2, 0) is 9.59 Å². The van der Waals surface area contributed by atoms with Gasteiger partial charge in [0, 0.05) is 0 Å². The molecule has 0 spiro atoms. The largest absolute Gasteiger partial charge is 0.286 e. The molecule has 3 rings (SSSR count). The van der Waals surface area contributed by atoms with Crippen LogP contribution < -0.4 is 10.9 Å². The summed E-state index contributed by atoms with van der Waals surface area (Å²) in [7, 11) is 0. The van der Waals surface area contributed by atoms with Crippen molar-refractivity contribution in [1.82, 2.24) is 25.7 Å². The van der Waals surface area contributed by atoms with Crippen molar-refractivity contribution in [3.8, 4) is 0 Å². The van der Waals surface area contributed by atoms with Gasteiger partial charge in [-0.2, -0.15) is 0 Å². The number of anilines is 1. The molecule has 1 aliphatic rings. The zero-order valence-electron chi connectivity index (χ0n) is 16.2. The summed E-state index contributed by atoms with van der Waals surface area (Å²) in [6.07, 6.45) is 4.82. The molecular weight excluding hydrogens is 360 g/mol. The molecule has 0 aliphatic heterocycles. The molecule has 28 heavy (non-hydrogen) atoms. The predicted octanol–water partition coefficient (Wildman–Crippen LogP) is 2.21. The van der Waals surface area contributed by atoms with Crippen LogP contribution in [0.25, 0.3) is 11.0 Å². The lowest BCUT2D eigenvalue weighted by atomic mass is 9.60. The number of rotatable bonds is 9. The molecule has 0 atom stereocenters. The first kappa shape index (κ1) is 19.9. The van der Waals surface area contributed by atoms with E-state index in [-0.39, 0.29) is 18.4 Å². The molecule has 3 N–H and O–H groups in total. The van der Waals surface area contributed by atoms with Gasteiger partial charge in [0.1, 0.15) is 5.52 Å². The molecular formula is C19H26N6O3. The molecule has 1 aliphatic carbocycles. The molecule has 1 saturated carbocycles. The number of amides is 2. The number of nitrogens with zero attached hydrogens (tertiary/aromatic N) is 4. The summed E-state index contributed by atoms with van der Waals surface area (Å²) in [6.45, 7) is 4.05. The third kappa shape index (κ3) is 4.36. The number of hydrogen-bond acceptors (Lipinski definition) is 7. The van der Waals surface area contributed by atoms with Crippen molar-refractivity contribution < 1.29 is 14.8 Å². The van der Waals surface area contributed by atoms with E-state index in [0.717, 1.165) is 24.8 Å². The van der Waals surface area contributed by atoms with E-state index < -0.39 is 5.41 Å². The van der Waals surface area contributed by atoms with E-state index in [4.69, 9.17) is 0 Å². The van der Waals surface area contributed by atoms with Crippen LogP contribution in [0.2, 0.25) is 0 Å². The molecule has 1 aromatic carbocycles. The van der Waals surface area contributed by atoms with Crippen LogP contribution in [0.4, 0.5) is 5.95 Å². The van der Waals surface area contributed by atoms with Gasteiger partial charge in [-0.1, -0.05) is 32.3 Å². The molecule has 9 nitrogen and oxygen atoms in total. The van der Waals surface area contributed by atoms with Crippen LogP contribution in [0.1, 0.15) is 44.6 Å². The first-order chi connectivity index (χ1) is 13.5. The van der Waals surface area contributed by atoms with E-state index in [1.807, 2.05) is 25.1 Å². The number of nitrogens with one attached hydrogen (secondary N) is 2. The van der Waals surface area contributed by atoms with E-state index in [2.05, 4.69) is 33.0 Å². The minimum Gasteiger partial charge on any atom is -0.286 e. The third-order valence-corrected chi connectivity index (χ3v) is 5.29. The van der Waals surface area contributed by atoms with Crippen molar-refractivity contribution in [3.63, 3.8) is 0 Å². The van der Waals surface area contributed by atoms with Crippen LogP contribution >= 0.6 is 0 Å². The van der Waals surface area contributed by atoms with Gasteiger partial charge in [0.15, 0.2) is 0 Å². The Morgan fingerprint density at radius 2 is 2.14 bits per heavy atom. The number of hydrazine groups is 1. The number of aromatic nitrogens is 3. The maximum atomic E-state index is 12.8. The summed E-state index contributed by atoms with van der Waals surface area (Å²) < 4.78 is 0. The Bertz CT molecular complexity index is 853. The molecule has 2 aromatic rings. The van der Waals surface area contributed by atoms with Crippen molar-refractivity contribution in [3.05, 3.63) is 23.8 Å². The van der Waals surface area contributed by atoms with Gasteiger partial charge in [-0.3, -0.25) is 25.6 Å². The maximum Gasteiger partial charge on any atom is 0.262 e. The summed E-state index contributed by atoms with van der Waals surface area (Å²) in [4.78, 5) is 28.0. The second kappa shape index (κ2) is 8.47. The second-order valence-corrected chi connectivity index (χ2v) is 7.61.